The molecule has 28 heavy (non-hydrogen) atoms. The minimum Gasteiger partial charge on any atom is -0.368 e. The summed E-state index contributed by atoms with van der Waals surface area (Å²) >= 11 is 0. The van der Waals surface area contributed by atoms with E-state index in [0.717, 1.165) is 54.3 Å². The molecule has 138 valence electrons. The molecule has 5 heteroatoms. The molecule has 1 saturated heterocycles. The predicted molar refractivity (Wildman–Crippen MR) is 114 cm³/mol. The van der Waals surface area contributed by atoms with Crippen molar-refractivity contribution in [2.24, 2.45) is 0 Å². The van der Waals surface area contributed by atoms with E-state index in [0.29, 0.717) is 0 Å². The molecule has 0 aliphatic carbocycles. The smallest absolute Gasteiger partial charge is 0.162 e. The van der Waals surface area contributed by atoms with Crippen LogP contribution in [0.3, 0.4) is 0 Å². The largest absolute Gasteiger partial charge is 0.368 e. The number of benzene rings is 2. The Kier molecular flexibility index (Phi) is 4.33. The topological polar surface area (TPSA) is 45.2 Å². The van der Waals surface area contributed by atoms with Gasteiger partial charge in [0.1, 0.15) is 5.82 Å². The van der Waals surface area contributed by atoms with Crippen LogP contribution < -0.4 is 9.80 Å². The van der Waals surface area contributed by atoms with E-state index < -0.39 is 0 Å². The highest BCUT2D eigenvalue weighted by Gasteiger charge is 2.21. The van der Waals surface area contributed by atoms with E-state index in [1.165, 1.54) is 5.69 Å². The maximum atomic E-state index is 4.96. The third-order valence-corrected chi connectivity index (χ3v) is 5.22. The molecule has 0 spiro atoms. The lowest BCUT2D eigenvalue weighted by Gasteiger charge is -2.37. The van der Waals surface area contributed by atoms with Gasteiger partial charge in [-0.1, -0.05) is 30.3 Å². The Morgan fingerprint density at radius 1 is 0.643 bits per heavy atom. The minimum atomic E-state index is 0.751. The monoisotopic (exact) mass is 367 g/mol. The Morgan fingerprint density at radius 3 is 2.11 bits per heavy atom. The van der Waals surface area contributed by atoms with E-state index >= 15 is 0 Å². The first-order valence-electron chi connectivity index (χ1n) is 9.61. The molecule has 2 aromatic heterocycles. The molecule has 1 fully saturated rings. The number of anilines is 2. The second-order valence-corrected chi connectivity index (χ2v) is 6.93. The SMILES string of the molecule is c1ccc(N2CCN(c3nc(-c4ccncc4)nc4ccccc34)CC2)cc1. The van der Waals surface area contributed by atoms with E-state index in [4.69, 9.17) is 9.97 Å². The molecule has 4 aromatic rings. The quantitative estimate of drug-likeness (QED) is 0.547. The molecule has 0 radical (unpaired) electrons. The maximum Gasteiger partial charge on any atom is 0.162 e. The van der Waals surface area contributed by atoms with Crippen molar-refractivity contribution in [3.05, 3.63) is 79.1 Å². The van der Waals surface area contributed by atoms with Crippen LogP contribution in [0, 0.1) is 0 Å². The molecular weight excluding hydrogens is 346 g/mol. The van der Waals surface area contributed by atoms with E-state index in [1.807, 2.05) is 18.2 Å². The molecular formula is C23H21N5. The normalized spacial score (nSPS) is 14.4. The second-order valence-electron chi connectivity index (χ2n) is 6.93. The van der Waals surface area contributed by atoms with Gasteiger partial charge in [-0.05, 0) is 36.4 Å². The summed E-state index contributed by atoms with van der Waals surface area (Å²) in [5, 5.41) is 1.11. The molecule has 3 heterocycles. The van der Waals surface area contributed by atoms with Crippen LogP contribution in [-0.4, -0.2) is 41.1 Å². The average Bonchev–Trinajstić information content (AvgIpc) is 2.80. The Bertz CT molecular complexity index is 1070. The summed E-state index contributed by atoms with van der Waals surface area (Å²) < 4.78 is 0. The summed E-state index contributed by atoms with van der Waals surface area (Å²) in [6.45, 7) is 3.83. The molecule has 2 aromatic carbocycles. The summed E-state index contributed by atoms with van der Waals surface area (Å²) in [4.78, 5) is 18.7. The van der Waals surface area contributed by atoms with Crippen molar-refractivity contribution in [1.82, 2.24) is 15.0 Å². The molecule has 1 aliphatic heterocycles. The molecule has 0 atom stereocenters. The fraction of sp³-hybridized carbons (Fsp3) is 0.174. The van der Waals surface area contributed by atoms with Gasteiger partial charge in [0.15, 0.2) is 5.82 Å². The lowest BCUT2D eigenvalue weighted by Crippen LogP contribution is -2.47. The first-order valence-corrected chi connectivity index (χ1v) is 9.61. The number of fused-ring (bicyclic) bond motifs is 1. The number of nitrogens with zero attached hydrogens (tertiary/aromatic N) is 5. The van der Waals surface area contributed by atoms with Gasteiger partial charge in [0.25, 0.3) is 0 Å². The van der Waals surface area contributed by atoms with Crippen LogP contribution >= 0.6 is 0 Å². The van der Waals surface area contributed by atoms with Crippen molar-refractivity contribution in [2.75, 3.05) is 36.0 Å². The van der Waals surface area contributed by atoms with E-state index in [9.17, 15) is 0 Å². The summed E-state index contributed by atoms with van der Waals surface area (Å²) in [6, 6.07) is 22.8. The molecule has 0 amide bonds. The van der Waals surface area contributed by atoms with Crippen LogP contribution in [-0.2, 0) is 0 Å². The van der Waals surface area contributed by atoms with Crippen LogP contribution in [0.25, 0.3) is 22.3 Å². The second kappa shape index (κ2) is 7.27. The molecule has 5 nitrogen and oxygen atoms in total. The third kappa shape index (κ3) is 3.16. The van der Waals surface area contributed by atoms with Crippen LogP contribution in [0.15, 0.2) is 79.1 Å². The number of para-hydroxylation sites is 2. The molecule has 0 unspecified atom stereocenters. The zero-order chi connectivity index (χ0) is 18.8. The fourth-order valence-electron chi connectivity index (χ4n) is 3.75. The fourth-order valence-corrected chi connectivity index (χ4v) is 3.75. The molecule has 5 rings (SSSR count). The Hall–Kier alpha value is -3.47. The van der Waals surface area contributed by atoms with Crippen LogP contribution in [0.2, 0.25) is 0 Å². The van der Waals surface area contributed by atoms with E-state index in [1.54, 1.807) is 12.4 Å². The zero-order valence-electron chi connectivity index (χ0n) is 15.6. The molecule has 0 N–H and O–H groups in total. The molecule has 1 aliphatic rings. The van der Waals surface area contributed by atoms with Crippen molar-refractivity contribution in [2.45, 2.75) is 0 Å². The summed E-state index contributed by atoms with van der Waals surface area (Å²) in [7, 11) is 0. The molecule has 0 saturated carbocycles. The van der Waals surface area contributed by atoms with Gasteiger partial charge >= 0.3 is 0 Å². The van der Waals surface area contributed by atoms with Crippen LogP contribution in [0.1, 0.15) is 0 Å². The summed E-state index contributed by atoms with van der Waals surface area (Å²) in [5.41, 5.74) is 3.25. The lowest BCUT2D eigenvalue weighted by molar-refractivity contribution is 0.649. The number of piperazine rings is 1. The summed E-state index contributed by atoms with van der Waals surface area (Å²) in [5.74, 6) is 1.77. The Balaban J connectivity index is 1.49. The van der Waals surface area contributed by atoms with Gasteiger partial charge in [-0.2, -0.15) is 0 Å². The van der Waals surface area contributed by atoms with Gasteiger partial charge in [0.05, 0.1) is 5.52 Å². The van der Waals surface area contributed by atoms with E-state index in [-0.39, 0.29) is 0 Å². The zero-order valence-corrected chi connectivity index (χ0v) is 15.6. The third-order valence-electron chi connectivity index (χ3n) is 5.22. The lowest BCUT2D eigenvalue weighted by atomic mass is 10.1. The highest BCUT2D eigenvalue weighted by atomic mass is 15.3. The highest BCUT2D eigenvalue weighted by Crippen LogP contribution is 2.28. The van der Waals surface area contributed by atoms with E-state index in [2.05, 4.69) is 63.3 Å². The number of hydrogen-bond acceptors (Lipinski definition) is 5. The van der Waals surface area contributed by atoms with Gasteiger partial charge in [-0.3, -0.25) is 4.98 Å². The van der Waals surface area contributed by atoms with Crippen molar-refractivity contribution >= 4 is 22.4 Å². The Morgan fingerprint density at radius 2 is 1.32 bits per heavy atom. The minimum absolute atomic E-state index is 0.751. The maximum absolute atomic E-state index is 4.96. The first kappa shape index (κ1) is 16.7. The number of aromatic nitrogens is 3. The Labute approximate surface area is 164 Å². The predicted octanol–water partition coefficient (Wildman–Crippen LogP) is 4.02. The first-order chi connectivity index (χ1) is 13.9. The number of pyridine rings is 1. The van der Waals surface area contributed by atoms with Gasteiger partial charge in [0.2, 0.25) is 0 Å². The van der Waals surface area contributed by atoms with Crippen molar-refractivity contribution in [1.29, 1.82) is 0 Å². The van der Waals surface area contributed by atoms with Crippen molar-refractivity contribution < 1.29 is 0 Å². The molecule has 0 bridgehead atoms. The average molecular weight is 367 g/mol. The van der Waals surface area contributed by atoms with Gasteiger partial charge < -0.3 is 9.80 Å². The van der Waals surface area contributed by atoms with Crippen molar-refractivity contribution in [3.63, 3.8) is 0 Å². The van der Waals surface area contributed by atoms with Crippen molar-refractivity contribution in [3.8, 4) is 11.4 Å². The van der Waals surface area contributed by atoms with Gasteiger partial charge in [-0.25, -0.2) is 9.97 Å². The number of hydrogen-bond donors (Lipinski definition) is 0. The highest BCUT2D eigenvalue weighted by molar-refractivity contribution is 5.91. The summed E-state index contributed by atoms with van der Waals surface area (Å²) in [6.07, 6.45) is 3.57. The number of rotatable bonds is 3. The van der Waals surface area contributed by atoms with Crippen LogP contribution in [0.5, 0.6) is 0 Å². The van der Waals surface area contributed by atoms with Crippen LogP contribution in [0.4, 0.5) is 11.5 Å². The van der Waals surface area contributed by atoms with Gasteiger partial charge in [0, 0.05) is 55.2 Å². The van der Waals surface area contributed by atoms with Gasteiger partial charge in [-0.15, -0.1) is 0 Å². The standard InChI is InChI=1S/C23H21N5/c1-2-6-19(7-3-1)27-14-16-28(17-15-27)23-20-8-4-5-9-21(20)25-22(26-23)18-10-12-24-13-11-18/h1-13H,14-17H2.